The minimum Gasteiger partial charge on any atom is -0.166 e. The summed E-state index contributed by atoms with van der Waals surface area (Å²) in [5.74, 6) is 0. The van der Waals surface area contributed by atoms with E-state index in [1.165, 1.54) is 38.1 Å². The fourth-order valence-electron chi connectivity index (χ4n) is 1.78. The van der Waals surface area contributed by atoms with Gasteiger partial charge in [0.25, 0.3) is 0 Å². The van der Waals surface area contributed by atoms with Crippen LogP contribution < -0.4 is 0 Å². The summed E-state index contributed by atoms with van der Waals surface area (Å²) in [6.07, 6.45) is -8.43. The van der Waals surface area contributed by atoms with Crippen LogP contribution in [0, 0.1) is 13.8 Å². The van der Waals surface area contributed by atoms with Crippen LogP contribution in [0.5, 0.6) is 0 Å². The molecule has 0 saturated carbocycles. The van der Waals surface area contributed by atoms with Gasteiger partial charge in [-0.1, -0.05) is 36.4 Å². The van der Waals surface area contributed by atoms with Crippen LogP contribution in [-0.4, -0.2) is 0 Å². The summed E-state index contributed by atoms with van der Waals surface area (Å²) >= 11 is 0. The van der Waals surface area contributed by atoms with E-state index in [-0.39, 0.29) is 11.1 Å². The molecule has 2 rings (SSSR count). The number of halogens is 6. The molecule has 6 heteroatoms. The zero-order valence-electron chi connectivity index (χ0n) is 11.9. The van der Waals surface area contributed by atoms with Crippen molar-refractivity contribution in [1.29, 1.82) is 0 Å². The Labute approximate surface area is 124 Å². The predicted molar refractivity (Wildman–Crippen MR) is 72.4 cm³/mol. The maximum absolute atomic E-state index is 12.0. The van der Waals surface area contributed by atoms with Crippen LogP contribution in [0.15, 0.2) is 48.5 Å². The van der Waals surface area contributed by atoms with E-state index in [1.54, 1.807) is 12.1 Å². The highest BCUT2D eigenvalue weighted by Crippen LogP contribution is 2.31. The number of hydrogen-bond donors (Lipinski definition) is 0. The Kier molecular flexibility index (Phi) is 5.63. The topological polar surface area (TPSA) is 0 Å². The summed E-state index contributed by atoms with van der Waals surface area (Å²) in [6, 6.07) is 11.0. The third-order valence-corrected chi connectivity index (χ3v) is 2.90. The van der Waals surface area contributed by atoms with Crippen LogP contribution in [0.2, 0.25) is 0 Å². The third-order valence-electron chi connectivity index (χ3n) is 2.90. The van der Waals surface area contributed by atoms with Crippen LogP contribution >= 0.6 is 0 Å². The lowest BCUT2D eigenvalue weighted by Gasteiger charge is -2.08. The minimum atomic E-state index is -4.22. The van der Waals surface area contributed by atoms with Gasteiger partial charge in [-0.3, -0.25) is 0 Å². The third kappa shape index (κ3) is 5.09. The summed E-state index contributed by atoms with van der Waals surface area (Å²) < 4.78 is 72.3. The Balaban J connectivity index is 0.000000220. The van der Waals surface area contributed by atoms with Gasteiger partial charge in [-0.05, 0) is 37.1 Å². The molecule has 0 aliphatic heterocycles. The van der Waals surface area contributed by atoms with Crippen molar-refractivity contribution in [1.82, 2.24) is 0 Å². The molecule has 0 unspecified atom stereocenters. The summed E-state index contributed by atoms with van der Waals surface area (Å²) in [6.45, 7) is 2.89. The molecule has 0 N–H and O–H groups in total. The average Bonchev–Trinajstić information content (AvgIpc) is 2.37. The first kappa shape index (κ1) is 18.1. The van der Waals surface area contributed by atoms with Crippen molar-refractivity contribution in [3.8, 4) is 0 Å². The molecule has 0 saturated heterocycles. The Morgan fingerprint density at radius 1 is 0.545 bits per heavy atom. The van der Waals surface area contributed by atoms with Crippen LogP contribution in [0.1, 0.15) is 22.3 Å². The molecule has 0 amide bonds. The van der Waals surface area contributed by atoms with Crippen molar-refractivity contribution >= 4 is 0 Å². The first-order valence-corrected chi connectivity index (χ1v) is 6.29. The molecular weight excluding hydrogens is 306 g/mol. The Morgan fingerprint density at radius 2 is 0.818 bits per heavy atom. The van der Waals surface area contributed by atoms with Gasteiger partial charge < -0.3 is 0 Å². The van der Waals surface area contributed by atoms with E-state index in [1.807, 2.05) is 0 Å². The molecule has 0 heterocycles. The second-order valence-corrected chi connectivity index (χ2v) is 4.63. The number of aryl methyl sites for hydroxylation is 2. The minimum absolute atomic E-state index is 0.264. The molecule has 0 aliphatic rings. The van der Waals surface area contributed by atoms with Gasteiger partial charge in [0, 0.05) is 0 Å². The number of rotatable bonds is 0. The van der Waals surface area contributed by atoms with Crippen LogP contribution in [0.25, 0.3) is 0 Å². The van der Waals surface area contributed by atoms with E-state index in [0.29, 0.717) is 0 Å². The highest BCUT2D eigenvalue weighted by molar-refractivity contribution is 5.28. The van der Waals surface area contributed by atoms with Crippen molar-refractivity contribution in [2.45, 2.75) is 26.2 Å². The lowest BCUT2D eigenvalue weighted by molar-refractivity contribution is -0.138. The zero-order valence-corrected chi connectivity index (χ0v) is 11.9. The van der Waals surface area contributed by atoms with Gasteiger partial charge >= 0.3 is 12.4 Å². The molecule has 0 spiro atoms. The SMILES string of the molecule is Cc1ccccc1C(F)(F)F.Cc1ccccc1C(F)(F)F. The van der Waals surface area contributed by atoms with E-state index in [0.717, 1.165) is 12.1 Å². The molecular formula is C16H14F6. The molecule has 0 aromatic heterocycles. The van der Waals surface area contributed by atoms with Crippen molar-refractivity contribution in [3.05, 3.63) is 70.8 Å². The molecule has 0 fully saturated rings. The van der Waals surface area contributed by atoms with Gasteiger partial charge in [-0.15, -0.1) is 0 Å². The first-order chi connectivity index (χ1) is 10.0. The van der Waals surface area contributed by atoms with Gasteiger partial charge in [0.05, 0.1) is 11.1 Å². The van der Waals surface area contributed by atoms with E-state index < -0.39 is 23.5 Å². The fraction of sp³-hybridized carbons (Fsp3) is 0.250. The number of benzene rings is 2. The Bertz CT molecular complexity index is 555. The van der Waals surface area contributed by atoms with E-state index in [2.05, 4.69) is 0 Å². The quantitative estimate of drug-likeness (QED) is 0.520. The highest BCUT2D eigenvalue weighted by atomic mass is 19.4. The van der Waals surface area contributed by atoms with Gasteiger partial charge in [-0.2, -0.15) is 26.3 Å². The summed E-state index contributed by atoms with van der Waals surface area (Å²) in [4.78, 5) is 0. The molecule has 2 aromatic carbocycles. The summed E-state index contributed by atoms with van der Waals surface area (Å²) in [5.41, 5.74) is -0.583. The van der Waals surface area contributed by atoms with E-state index in [4.69, 9.17) is 0 Å². The van der Waals surface area contributed by atoms with Gasteiger partial charge in [0.1, 0.15) is 0 Å². The molecule has 0 atom stereocenters. The second-order valence-electron chi connectivity index (χ2n) is 4.63. The van der Waals surface area contributed by atoms with Crippen LogP contribution in [0.3, 0.4) is 0 Å². The molecule has 0 nitrogen and oxygen atoms in total. The standard InChI is InChI=1S/2C8H7F3/c2*1-6-4-2-3-5-7(6)8(9,10)11/h2*2-5H,1H3. The maximum Gasteiger partial charge on any atom is 0.416 e. The molecule has 0 bridgehead atoms. The maximum atomic E-state index is 12.0. The summed E-state index contributed by atoms with van der Waals surface area (Å²) in [5, 5.41) is 0. The smallest absolute Gasteiger partial charge is 0.166 e. The zero-order chi connectivity index (χ0) is 17.0. The second kappa shape index (κ2) is 6.85. The van der Waals surface area contributed by atoms with Gasteiger partial charge in [-0.25, -0.2) is 0 Å². The van der Waals surface area contributed by atoms with Crippen molar-refractivity contribution < 1.29 is 26.3 Å². The predicted octanol–water partition coefficient (Wildman–Crippen LogP) is 6.03. The highest BCUT2D eigenvalue weighted by Gasteiger charge is 2.32. The largest absolute Gasteiger partial charge is 0.416 e. The van der Waals surface area contributed by atoms with Crippen molar-refractivity contribution in [2.24, 2.45) is 0 Å². The monoisotopic (exact) mass is 320 g/mol. The number of hydrogen-bond acceptors (Lipinski definition) is 0. The Morgan fingerprint density at radius 3 is 1.00 bits per heavy atom. The normalized spacial score (nSPS) is 11.6. The lowest BCUT2D eigenvalue weighted by atomic mass is 10.1. The van der Waals surface area contributed by atoms with Crippen LogP contribution in [-0.2, 0) is 12.4 Å². The first-order valence-electron chi connectivity index (χ1n) is 6.29. The van der Waals surface area contributed by atoms with Crippen LogP contribution in [0.4, 0.5) is 26.3 Å². The van der Waals surface area contributed by atoms with E-state index in [9.17, 15) is 26.3 Å². The lowest BCUT2D eigenvalue weighted by Crippen LogP contribution is -2.06. The molecule has 22 heavy (non-hydrogen) atoms. The average molecular weight is 320 g/mol. The fourth-order valence-corrected chi connectivity index (χ4v) is 1.78. The van der Waals surface area contributed by atoms with Crippen molar-refractivity contribution in [3.63, 3.8) is 0 Å². The van der Waals surface area contributed by atoms with Gasteiger partial charge in [0.2, 0.25) is 0 Å². The van der Waals surface area contributed by atoms with E-state index >= 15 is 0 Å². The molecule has 0 aliphatic carbocycles. The summed E-state index contributed by atoms with van der Waals surface area (Å²) in [7, 11) is 0. The molecule has 0 radical (unpaired) electrons. The molecule has 120 valence electrons. The number of alkyl halides is 6. The molecule has 2 aromatic rings. The Hall–Kier alpha value is -1.98. The van der Waals surface area contributed by atoms with Crippen molar-refractivity contribution in [2.75, 3.05) is 0 Å². The van der Waals surface area contributed by atoms with Gasteiger partial charge in [0.15, 0.2) is 0 Å².